The van der Waals surface area contributed by atoms with Crippen molar-refractivity contribution in [2.24, 2.45) is 5.73 Å². The Morgan fingerprint density at radius 2 is 1.84 bits per heavy atom. The largest absolute Gasteiger partial charge is 0.368 e. The number of benzene rings is 1. The number of nitrogens with zero attached hydrogens (tertiary/aromatic N) is 4. The Bertz CT molecular complexity index is 869. The van der Waals surface area contributed by atoms with Gasteiger partial charge in [0, 0.05) is 32.4 Å². The lowest BCUT2D eigenvalue weighted by molar-refractivity contribution is -0.123. The molecule has 128 valence electrons. The minimum atomic E-state index is -0.388. The van der Waals surface area contributed by atoms with Crippen molar-refractivity contribution in [3.05, 3.63) is 54.5 Å². The predicted octanol–water partition coefficient (Wildman–Crippen LogP) is 1.31. The van der Waals surface area contributed by atoms with Gasteiger partial charge in [0.15, 0.2) is 0 Å². The number of aromatic nitrogens is 3. The molecule has 1 aliphatic rings. The van der Waals surface area contributed by atoms with Crippen LogP contribution in [0.1, 0.15) is 11.6 Å². The first-order chi connectivity index (χ1) is 12.2. The van der Waals surface area contributed by atoms with E-state index in [1.165, 1.54) is 0 Å². The highest BCUT2D eigenvalue weighted by Gasteiger charge is 2.29. The summed E-state index contributed by atoms with van der Waals surface area (Å²) in [6.45, 7) is 3.07. The first-order valence-electron chi connectivity index (χ1n) is 8.35. The summed E-state index contributed by atoms with van der Waals surface area (Å²) in [5, 5.41) is 1.02. The highest BCUT2D eigenvalue weighted by atomic mass is 16.1. The van der Waals surface area contributed by atoms with Crippen LogP contribution in [0.15, 0.2) is 48.9 Å². The van der Waals surface area contributed by atoms with Crippen LogP contribution in [0.2, 0.25) is 0 Å². The smallest absolute Gasteiger partial charge is 0.239 e. The van der Waals surface area contributed by atoms with Crippen LogP contribution in [-0.4, -0.2) is 51.9 Å². The maximum Gasteiger partial charge on any atom is 0.239 e. The van der Waals surface area contributed by atoms with Crippen molar-refractivity contribution in [3.8, 4) is 0 Å². The number of nitrogens with one attached hydrogen (secondary N) is 1. The first kappa shape index (κ1) is 15.6. The van der Waals surface area contributed by atoms with Crippen molar-refractivity contribution in [1.82, 2.24) is 19.9 Å². The van der Waals surface area contributed by atoms with Crippen LogP contribution >= 0.6 is 0 Å². The van der Waals surface area contributed by atoms with E-state index in [4.69, 9.17) is 5.73 Å². The molecule has 1 aromatic carbocycles. The van der Waals surface area contributed by atoms with E-state index in [1.807, 2.05) is 42.6 Å². The van der Waals surface area contributed by atoms with Crippen LogP contribution in [0.3, 0.4) is 0 Å². The normalized spacial score (nSPS) is 16.9. The van der Waals surface area contributed by atoms with Crippen LogP contribution < -0.4 is 10.6 Å². The number of hydrogen-bond donors (Lipinski definition) is 2. The molecule has 25 heavy (non-hydrogen) atoms. The molecule has 1 unspecified atom stereocenters. The molecule has 0 radical (unpaired) electrons. The molecule has 1 fully saturated rings. The number of rotatable bonds is 4. The quantitative estimate of drug-likeness (QED) is 0.749. The third-order valence-corrected chi connectivity index (χ3v) is 4.70. The standard InChI is InChI=1S/C18H20N6O/c19-16(25)15(13-4-2-1-3-5-13)23-8-10-24(11-9-23)18-14-6-7-20-17(14)21-12-22-18/h1-7,12,15H,8-11H2,(H2,19,25)(H,20,21,22). The van der Waals surface area contributed by atoms with Gasteiger partial charge in [0.25, 0.3) is 0 Å². The monoisotopic (exact) mass is 336 g/mol. The van der Waals surface area contributed by atoms with Gasteiger partial charge in [0.1, 0.15) is 23.8 Å². The maximum atomic E-state index is 12.0. The molecule has 7 nitrogen and oxygen atoms in total. The molecule has 1 saturated heterocycles. The van der Waals surface area contributed by atoms with Gasteiger partial charge in [0.05, 0.1) is 5.39 Å². The fourth-order valence-electron chi connectivity index (χ4n) is 3.49. The molecule has 1 atom stereocenters. The highest BCUT2D eigenvalue weighted by molar-refractivity contribution is 5.87. The van der Waals surface area contributed by atoms with E-state index in [9.17, 15) is 4.79 Å². The van der Waals surface area contributed by atoms with Gasteiger partial charge in [-0.1, -0.05) is 30.3 Å². The van der Waals surface area contributed by atoms with Gasteiger partial charge >= 0.3 is 0 Å². The SMILES string of the molecule is NC(=O)C(c1ccccc1)N1CCN(c2ncnc3[nH]ccc23)CC1. The van der Waals surface area contributed by atoms with E-state index in [0.29, 0.717) is 0 Å². The molecular formula is C18H20N6O. The Labute approximate surface area is 145 Å². The Balaban J connectivity index is 1.53. The molecular weight excluding hydrogens is 316 g/mol. The van der Waals surface area contributed by atoms with Crippen molar-refractivity contribution in [1.29, 1.82) is 0 Å². The number of primary amides is 1. The zero-order valence-electron chi connectivity index (χ0n) is 13.8. The molecule has 3 aromatic rings. The van der Waals surface area contributed by atoms with Gasteiger partial charge in [-0.2, -0.15) is 0 Å². The summed E-state index contributed by atoms with van der Waals surface area (Å²) in [7, 11) is 0. The van der Waals surface area contributed by atoms with E-state index in [1.54, 1.807) is 6.33 Å². The van der Waals surface area contributed by atoms with Gasteiger partial charge < -0.3 is 15.6 Å². The molecule has 2 aromatic heterocycles. The second-order valence-corrected chi connectivity index (χ2v) is 6.18. The number of amides is 1. The van der Waals surface area contributed by atoms with Crippen LogP contribution in [0.5, 0.6) is 0 Å². The fourth-order valence-corrected chi connectivity index (χ4v) is 3.49. The second-order valence-electron chi connectivity index (χ2n) is 6.18. The van der Waals surface area contributed by atoms with E-state index < -0.39 is 0 Å². The van der Waals surface area contributed by atoms with E-state index in [0.717, 1.165) is 48.6 Å². The van der Waals surface area contributed by atoms with Crippen molar-refractivity contribution < 1.29 is 4.79 Å². The number of nitrogens with two attached hydrogens (primary N) is 1. The van der Waals surface area contributed by atoms with Crippen molar-refractivity contribution >= 4 is 22.8 Å². The lowest BCUT2D eigenvalue weighted by atomic mass is 10.0. The van der Waals surface area contributed by atoms with Crippen LogP contribution in [0.25, 0.3) is 11.0 Å². The summed E-state index contributed by atoms with van der Waals surface area (Å²) in [5.74, 6) is 0.621. The number of fused-ring (bicyclic) bond motifs is 1. The van der Waals surface area contributed by atoms with Crippen molar-refractivity contribution in [2.75, 3.05) is 31.1 Å². The number of carbonyl (C=O) groups excluding carboxylic acids is 1. The van der Waals surface area contributed by atoms with Gasteiger partial charge in [-0.15, -0.1) is 0 Å². The van der Waals surface area contributed by atoms with Gasteiger partial charge in [0.2, 0.25) is 5.91 Å². The minimum absolute atomic E-state index is 0.310. The predicted molar refractivity (Wildman–Crippen MR) is 96.1 cm³/mol. The minimum Gasteiger partial charge on any atom is -0.368 e. The highest BCUT2D eigenvalue weighted by Crippen LogP contribution is 2.26. The van der Waals surface area contributed by atoms with E-state index >= 15 is 0 Å². The van der Waals surface area contributed by atoms with Crippen LogP contribution in [-0.2, 0) is 4.79 Å². The lowest BCUT2D eigenvalue weighted by Crippen LogP contribution is -2.50. The van der Waals surface area contributed by atoms with Gasteiger partial charge in [-0.05, 0) is 11.6 Å². The van der Waals surface area contributed by atoms with E-state index in [2.05, 4.69) is 24.8 Å². The molecule has 0 aliphatic carbocycles. The van der Waals surface area contributed by atoms with Crippen LogP contribution in [0.4, 0.5) is 5.82 Å². The lowest BCUT2D eigenvalue weighted by Gasteiger charge is -2.38. The average molecular weight is 336 g/mol. The molecule has 1 aliphatic heterocycles. The fraction of sp³-hybridized carbons (Fsp3) is 0.278. The van der Waals surface area contributed by atoms with E-state index in [-0.39, 0.29) is 11.9 Å². The Hall–Kier alpha value is -2.93. The Kier molecular flexibility index (Phi) is 4.07. The average Bonchev–Trinajstić information content (AvgIpc) is 3.12. The van der Waals surface area contributed by atoms with Gasteiger partial charge in [-0.25, -0.2) is 9.97 Å². The second kappa shape index (κ2) is 6.52. The summed E-state index contributed by atoms with van der Waals surface area (Å²) < 4.78 is 0. The number of H-pyrrole nitrogens is 1. The molecule has 1 amide bonds. The number of hydrogen-bond acceptors (Lipinski definition) is 5. The first-order valence-corrected chi connectivity index (χ1v) is 8.35. The molecule has 0 saturated carbocycles. The Morgan fingerprint density at radius 1 is 1.08 bits per heavy atom. The third-order valence-electron chi connectivity index (χ3n) is 4.70. The molecule has 7 heteroatoms. The zero-order chi connectivity index (χ0) is 17.2. The van der Waals surface area contributed by atoms with Crippen molar-refractivity contribution in [2.45, 2.75) is 6.04 Å². The summed E-state index contributed by atoms with van der Waals surface area (Å²) in [6, 6.07) is 11.3. The third kappa shape index (κ3) is 2.94. The summed E-state index contributed by atoms with van der Waals surface area (Å²) in [5.41, 5.74) is 7.47. The van der Waals surface area contributed by atoms with Gasteiger partial charge in [-0.3, -0.25) is 9.69 Å². The number of anilines is 1. The zero-order valence-corrected chi connectivity index (χ0v) is 13.8. The molecule has 4 rings (SSSR count). The maximum absolute atomic E-state index is 12.0. The van der Waals surface area contributed by atoms with Crippen molar-refractivity contribution in [3.63, 3.8) is 0 Å². The van der Waals surface area contributed by atoms with Crippen LogP contribution in [0, 0.1) is 0 Å². The molecule has 3 N–H and O–H groups in total. The molecule has 0 bridgehead atoms. The summed E-state index contributed by atoms with van der Waals surface area (Å²) in [6.07, 6.45) is 3.45. The summed E-state index contributed by atoms with van der Waals surface area (Å²) >= 11 is 0. The molecule has 3 heterocycles. The number of aromatic amines is 1. The summed E-state index contributed by atoms with van der Waals surface area (Å²) in [4.78, 5) is 28.2. The molecule has 0 spiro atoms. The Morgan fingerprint density at radius 3 is 2.56 bits per heavy atom. The number of carbonyl (C=O) groups is 1. The topological polar surface area (TPSA) is 91.1 Å². The number of piperazine rings is 1.